The molecular weight excluding hydrogens is 410 g/mol. The van der Waals surface area contributed by atoms with Crippen molar-refractivity contribution in [3.63, 3.8) is 0 Å². The number of pyridine rings is 1. The van der Waals surface area contributed by atoms with Crippen LogP contribution in [0.4, 0.5) is 11.4 Å². The highest BCUT2D eigenvalue weighted by Crippen LogP contribution is 2.18. The Morgan fingerprint density at radius 2 is 1.80 bits per heavy atom. The number of rotatable bonds is 4. The molecule has 0 saturated carbocycles. The average molecular weight is 421 g/mol. The van der Waals surface area contributed by atoms with Crippen LogP contribution in [-0.2, 0) is 0 Å². The van der Waals surface area contributed by atoms with Crippen LogP contribution >= 0.6 is 27.5 Å². The van der Waals surface area contributed by atoms with Gasteiger partial charge in [0, 0.05) is 11.3 Å². The molecule has 2 amide bonds. The van der Waals surface area contributed by atoms with Crippen LogP contribution in [0, 0.1) is 0 Å². The number of nitrogens with zero attached hydrogens (tertiary/aromatic N) is 1. The second-order valence-electron chi connectivity index (χ2n) is 4.96. The number of amides is 2. The quantitative estimate of drug-likeness (QED) is 0.604. The van der Waals surface area contributed by atoms with Gasteiger partial charge >= 0.3 is 0 Å². The monoisotopic (exact) mass is 419 g/mol. The van der Waals surface area contributed by atoms with Crippen molar-refractivity contribution in [3.8, 4) is 0 Å². The van der Waals surface area contributed by atoms with E-state index in [1.54, 1.807) is 48.5 Å². The zero-order valence-electron chi connectivity index (χ0n) is 12.6. The Balaban J connectivity index is 1.71. The lowest BCUT2D eigenvalue weighted by molar-refractivity contribution is 0.0992. The lowest BCUT2D eigenvalue weighted by Crippen LogP contribution is -2.14. The van der Waals surface area contributed by atoms with Gasteiger partial charge < -0.3 is 15.1 Å². The molecule has 0 aliphatic rings. The lowest BCUT2D eigenvalue weighted by Gasteiger charge is -2.07. The number of carbonyl (C=O) groups excluding carboxylic acids is 2. The molecule has 0 radical (unpaired) electrons. The molecule has 3 aromatic rings. The maximum Gasteiger partial charge on any atom is 0.291 e. The summed E-state index contributed by atoms with van der Waals surface area (Å²) >= 11 is 8.85. The molecular formula is C17H11BrClN3O3. The fraction of sp³-hybridized carbons (Fsp3) is 0. The summed E-state index contributed by atoms with van der Waals surface area (Å²) in [5, 5.41) is 5.72. The van der Waals surface area contributed by atoms with E-state index in [2.05, 4.69) is 31.5 Å². The van der Waals surface area contributed by atoms with Gasteiger partial charge in [-0.2, -0.15) is 0 Å². The number of nitrogens with one attached hydrogen (secondary N) is 2. The van der Waals surface area contributed by atoms with Gasteiger partial charge in [0.05, 0.1) is 11.9 Å². The van der Waals surface area contributed by atoms with Gasteiger partial charge in [0.2, 0.25) is 0 Å². The minimum absolute atomic E-state index is 0.161. The van der Waals surface area contributed by atoms with Crippen molar-refractivity contribution in [2.45, 2.75) is 0 Å². The van der Waals surface area contributed by atoms with Crippen LogP contribution in [0.1, 0.15) is 20.9 Å². The molecule has 0 fully saturated rings. The van der Waals surface area contributed by atoms with Crippen LogP contribution < -0.4 is 10.6 Å². The van der Waals surface area contributed by atoms with Crippen LogP contribution in [0.5, 0.6) is 0 Å². The SMILES string of the molecule is O=C(Nc1ccc(Cl)nc1)c1cccc(NC(=O)c2ccc(Br)o2)c1. The smallest absolute Gasteiger partial charge is 0.291 e. The Morgan fingerprint density at radius 3 is 2.48 bits per heavy atom. The second kappa shape index (κ2) is 7.50. The highest BCUT2D eigenvalue weighted by Gasteiger charge is 2.12. The predicted octanol–water partition coefficient (Wildman–Crippen LogP) is 4.60. The first-order chi connectivity index (χ1) is 12.0. The number of carbonyl (C=O) groups is 2. The van der Waals surface area contributed by atoms with E-state index in [1.165, 1.54) is 6.20 Å². The van der Waals surface area contributed by atoms with Crippen molar-refractivity contribution in [3.05, 3.63) is 75.9 Å². The van der Waals surface area contributed by atoms with Gasteiger partial charge in [-0.3, -0.25) is 9.59 Å². The van der Waals surface area contributed by atoms with Crippen LogP contribution in [0.15, 0.2) is 63.8 Å². The van der Waals surface area contributed by atoms with Gasteiger partial charge in [0.15, 0.2) is 10.4 Å². The highest BCUT2D eigenvalue weighted by atomic mass is 79.9. The van der Waals surface area contributed by atoms with Crippen molar-refractivity contribution in [2.24, 2.45) is 0 Å². The summed E-state index contributed by atoms with van der Waals surface area (Å²) in [5.74, 6) is -0.583. The Hall–Kier alpha value is -2.64. The summed E-state index contributed by atoms with van der Waals surface area (Å²) < 4.78 is 5.65. The molecule has 0 unspecified atom stereocenters. The average Bonchev–Trinajstić information content (AvgIpc) is 3.04. The lowest BCUT2D eigenvalue weighted by atomic mass is 10.2. The molecule has 0 aliphatic carbocycles. The van der Waals surface area contributed by atoms with Crippen molar-refractivity contribution >= 4 is 50.7 Å². The topological polar surface area (TPSA) is 84.2 Å². The normalized spacial score (nSPS) is 10.3. The van der Waals surface area contributed by atoms with Crippen LogP contribution in [-0.4, -0.2) is 16.8 Å². The standard InChI is InChI=1S/C17H11BrClN3O3/c18-14-6-5-13(25-14)17(24)21-11-3-1-2-10(8-11)16(23)22-12-4-7-15(19)20-9-12/h1-9H,(H,21,24)(H,22,23). The summed E-state index contributed by atoms with van der Waals surface area (Å²) in [7, 11) is 0. The number of benzene rings is 1. The molecule has 0 bridgehead atoms. The molecule has 0 saturated heterocycles. The van der Waals surface area contributed by atoms with Crippen molar-refractivity contribution < 1.29 is 14.0 Å². The first-order valence-electron chi connectivity index (χ1n) is 7.11. The van der Waals surface area contributed by atoms with Gasteiger partial charge in [-0.05, 0) is 58.4 Å². The maximum absolute atomic E-state index is 12.3. The molecule has 126 valence electrons. The second-order valence-corrected chi connectivity index (χ2v) is 6.13. The molecule has 6 nitrogen and oxygen atoms in total. The van der Waals surface area contributed by atoms with E-state index in [9.17, 15) is 9.59 Å². The van der Waals surface area contributed by atoms with Gasteiger partial charge in [-0.1, -0.05) is 17.7 Å². The summed E-state index contributed by atoms with van der Waals surface area (Å²) in [6.45, 7) is 0. The number of aromatic nitrogens is 1. The van der Waals surface area contributed by atoms with E-state index < -0.39 is 5.91 Å². The minimum atomic E-state index is -0.412. The van der Waals surface area contributed by atoms with E-state index in [1.807, 2.05) is 0 Å². The van der Waals surface area contributed by atoms with Gasteiger partial charge in [0.25, 0.3) is 11.8 Å². The molecule has 0 spiro atoms. The van der Waals surface area contributed by atoms with Crippen LogP contribution in [0.3, 0.4) is 0 Å². The van der Waals surface area contributed by atoms with E-state index >= 15 is 0 Å². The zero-order valence-corrected chi connectivity index (χ0v) is 15.0. The number of hydrogen-bond donors (Lipinski definition) is 2. The molecule has 1 aromatic carbocycles. The Bertz CT molecular complexity index is 925. The number of furan rings is 1. The summed E-state index contributed by atoms with van der Waals surface area (Å²) in [4.78, 5) is 28.3. The molecule has 8 heteroatoms. The first-order valence-corrected chi connectivity index (χ1v) is 8.28. The molecule has 25 heavy (non-hydrogen) atoms. The minimum Gasteiger partial charge on any atom is -0.444 e. The third-order valence-corrected chi connectivity index (χ3v) is 3.81. The van der Waals surface area contributed by atoms with Gasteiger partial charge in [-0.25, -0.2) is 4.98 Å². The predicted molar refractivity (Wildman–Crippen MR) is 98.0 cm³/mol. The molecule has 0 atom stereocenters. The highest BCUT2D eigenvalue weighted by molar-refractivity contribution is 9.10. The number of hydrogen-bond acceptors (Lipinski definition) is 4. The Labute approximate surface area is 156 Å². The number of anilines is 2. The van der Waals surface area contributed by atoms with E-state index in [0.29, 0.717) is 26.8 Å². The Kier molecular flexibility index (Phi) is 5.16. The Morgan fingerprint density at radius 1 is 1.00 bits per heavy atom. The van der Waals surface area contributed by atoms with Crippen LogP contribution in [0.25, 0.3) is 0 Å². The first kappa shape index (κ1) is 17.2. The summed E-state index contributed by atoms with van der Waals surface area (Å²) in [6, 6.07) is 12.9. The van der Waals surface area contributed by atoms with Gasteiger partial charge in [0.1, 0.15) is 5.15 Å². The molecule has 2 aromatic heterocycles. The van der Waals surface area contributed by atoms with E-state index in [0.717, 1.165) is 0 Å². The van der Waals surface area contributed by atoms with Crippen molar-refractivity contribution in [1.82, 2.24) is 4.98 Å². The van der Waals surface area contributed by atoms with E-state index in [4.69, 9.17) is 16.0 Å². The van der Waals surface area contributed by atoms with Gasteiger partial charge in [-0.15, -0.1) is 0 Å². The summed E-state index contributed by atoms with van der Waals surface area (Å²) in [5.41, 5.74) is 1.37. The molecule has 2 N–H and O–H groups in total. The molecule has 0 aliphatic heterocycles. The maximum atomic E-state index is 12.3. The molecule has 2 heterocycles. The third kappa shape index (κ3) is 4.46. The van der Waals surface area contributed by atoms with Crippen molar-refractivity contribution in [2.75, 3.05) is 10.6 Å². The van der Waals surface area contributed by atoms with Crippen LogP contribution in [0.2, 0.25) is 5.15 Å². The van der Waals surface area contributed by atoms with E-state index in [-0.39, 0.29) is 11.7 Å². The fourth-order valence-corrected chi connectivity index (χ4v) is 2.44. The van der Waals surface area contributed by atoms with Crippen molar-refractivity contribution in [1.29, 1.82) is 0 Å². The number of halogens is 2. The summed E-state index contributed by atoms with van der Waals surface area (Å²) in [6.07, 6.45) is 1.46. The molecule has 3 rings (SSSR count). The third-order valence-electron chi connectivity index (χ3n) is 3.16. The fourth-order valence-electron chi connectivity index (χ4n) is 2.02. The largest absolute Gasteiger partial charge is 0.444 e. The zero-order chi connectivity index (χ0) is 17.8.